The molecule has 0 aromatic rings. The van der Waals surface area contributed by atoms with Crippen LogP contribution in [0.4, 0.5) is 0 Å². The third-order valence-corrected chi connectivity index (χ3v) is 4.02. The average Bonchev–Trinajstić information content (AvgIpc) is 2.65. The van der Waals surface area contributed by atoms with Gasteiger partial charge in [-0.1, -0.05) is 45.4 Å². The third kappa shape index (κ3) is 4.99. The molecule has 0 saturated heterocycles. The zero-order valence-corrected chi connectivity index (χ0v) is 13.1. The lowest BCUT2D eigenvalue weighted by Crippen LogP contribution is -2.44. The topological polar surface area (TPSA) is 15.6 Å². The molecule has 0 radical (unpaired) electrons. The Morgan fingerprint density at radius 1 is 1.11 bits per heavy atom. The highest BCUT2D eigenvalue weighted by molar-refractivity contribution is 5.60. The van der Waals surface area contributed by atoms with Gasteiger partial charge in [-0.25, -0.2) is 0 Å². The van der Waals surface area contributed by atoms with Gasteiger partial charge in [0.15, 0.2) is 0 Å². The molecule has 0 aliphatic carbocycles. The highest BCUT2D eigenvalue weighted by Crippen LogP contribution is 2.27. The lowest BCUT2D eigenvalue weighted by atomic mass is 9.93. The minimum Gasteiger partial charge on any atom is -0.355 e. The van der Waals surface area contributed by atoms with E-state index in [4.69, 9.17) is 0 Å². The maximum Gasteiger partial charge on any atom is 0.0862 e. The molecule has 1 heterocycles. The van der Waals surface area contributed by atoms with E-state index in [0.717, 1.165) is 6.54 Å². The lowest BCUT2D eigenvalue weighted by Gasteiger charge is -2.36. The molecular formula is C16H32N2. The fraction of sp³-hybridized carbons (Fsp3) is 0.938. The van der Waals surface area contributed by atoms with Crippen molar-refractivity contribution in [3.8, 4) is 0 Å². The highest BCUT2D eigenvalue weighted by atomic mass is 15.3. The van der Waals surface area contributed by atoms with Gasteiger partial charge in [-0.3, -0.25) is 4.99 Å². The van der Waals surface area contributed by atoms with E-state index < -0.39 is 0 Å². The van der Waals surface area contributed by atoms with E-state index in [9.17, 15) is 0 Å². The largest absolute Gasteiger partial charge is 0.355 e. The fourth-order valence-corrected chi connectivity index (χ4v) is 2.58. The zero-order chi connectivity index (χ0) is 13.6. The van der Waals surface area contributed by atoms with Crippen LogP contribution in [0, 0.1) is 0 Å². The SMILES string of the molecule is CCCCCCCCC(C)(C)N1C=NC(C)(C)C1. The molecule has 18 heavy (non-hydrogen) atoms. The van der Waals surface area contributed by atoms with Crippen LogP contribution < -0.4 is 0 Å². The van der Waals surface area contributed by atoms with Crippen molar-refractivity contribution in [2.45, 2.75) is 90.6 Å². The van der Waals surface area contributed by atoms with Crippen molar-refractivity contribution in [3.63, 3.8) is 0 Å². The van der Waals surface area contributed by atoms with Gasteiger partial charge < -0.3 is 4.90 Å². The smallest absolute Gasteiger partial charge is 0.0862 e. The Morgan fingerprint density at radius 2 is 1.72 bits per heavy atom. The number of hydrogen-bond donors (Lipinski definition) is 0. The average molecular weight is 252 g/mol. The Morgan fingerprint density at radius 3 is 2.28 bits per heavy atom. The van der Waals surface area contributed by atoms with Crippen molar-refractivity contribution in [3.05, 3.63) is 0 Å². The Kier molecular flexibility index (Phi) is 5.68. The van der Waals surface area contributed by atoms with E-state index in [0.29, 0.717) is 0 Å². The van der Waals surface area contributed by atoms with Crippen LogP contribution in [0.3, 0.4) is 0 Å². The van der Waals surface area contributed by atoms with Crippen molar-refractivity contribution in [1.29, 1.82) is 0 Å². The molecule has 0 atom stereocenters. The van der Waals surface area contributed by atoms with Crippen molar-refractivity contribution in [2.24, 2.45) is 4.99 Å². The molecule has 2 heteroatoms. The Bertz CT molecular complexity index is 266. The first-order valence-corrected chi connectivity index (χ1v) is 7.69. The van der Waals surface area contributed by atoms with E-state index in [1.54, 1.807) is 0 Å². The van der Waals surface area contributed by atoms with Gasteiger partial charge in [-0.2, -0.15) is 0 Å². The third-order valence-electron chi connectivity index (χ3n) is 4.02. The van der Waals surface area contributed by atoms with Crippen molar-refractivity contribution in [2.75, 3.05) is 6.54 Å². The molecule has 1 rings (SSSR count). The minimum atomic E-state index is 0.110. The van der Waals surface area contributed by atoms with Crippen molar-refractivity contribution >= 4 is 6.34 Å². The summed E-state index contributed by atoms with van der Waals surface area (Å²) in [6, 6.07) is 0. The number of aliphatic imine (C=N–C) groups is 1. The van der Waals surface area contributed by atoms with Crippen LogP contribution in [0.5, 0.6) is 0 Å². The van der Waals surface area contributed by atoms with Gasteiger partial charge in [0.05, 0.1) is 11.9 Å². The van der Waals surface area contributed by atoms with E-state index in [1.165, 1.54) is 44.9 Å². The lowest BCUT2D eigenvalue weighted by molar-refractivity contribution is 0.193. The number of hydrogen-bond acceptors (Lipinski definition) is 2. The second-order valence-electron chi connectivity index (χ2n) is 7.02. The van der Waals surface area contributed by atoms with Gasteiger partial charge in [0.25, 0.3) is 0 Å². The van der Waals surface area contributed by atoms with Gasteiger partial charge >= 0.3 is 0 Å². The molecule has 106 valence electrons. The molecule has 0 saturated carbocycles. The second-order valence-corrected chi connectivity index (χ2v) is 7.02. The standard InChI is InChI=1S/C16H32N2/c1-6-7-8-9-10-11-12-16(4,5)18-13-15(2,3)17-14-18/h14H,6-13H2,1-5H3. The monoisotopic (exact) mass is 252 g/mol. The first kappa shape index (κ1) is 15.5. The summed E-state index contributed by atoms with van der Waals surface area (Å²) in [5, 5.41) is 0. The second kappa shape index (κ2) is 6.58. The fourth-order valence-electron chi connectivity index (χ4n) is 2.58. The van der Waals surface area contributed by atoms with Crippen molar-refractivity contribution in [1.82, 2.24) is 4.90 Å². The number of unbranched alkanes of at least 4 members (excludes halogenated alkanes) is 5. The minimum absolute atomic E-state index is 0.110. The molecule has 0 bridgehead atoms. The first-order chi connectivity index (χ1) is 8.37. The van der Waals surface area contributed by atoms with Crippen LogP contribution in [0.2, 0.25) is 0 Å². The molecule has 0 fully saturated rings. The van der Waals surface area contributed by atoms with Crippen LogP contribution >= 0.6 is 0 Å². The normalized spacial score (nSPS) is 18.6. The summed E-state index contributed by atoms with van der Waals surface area (Å²) < 4.78 is 0. The van der Waals surface area contributed by atoms with Gasteiger partial charge in [-0.15, -0.1) is 0 Å². The van der Waals surface area contributed by atoms with E-state index >= 15 is 0 Å². The van der Waals surface area contributed by atoms with Gasteiger partial charge in [0, 0.05) is 12.1 Å². The summed E-state index contributed by atoms with van der Waals surface area (Å²) >= 11 is 0. The molecule has 2 nitrogen and oxygen atoms in total. The Labute approximate surface area is 114 Å². The molecule has 0 aromatic carbocycles. The van der Waals surface area contributed by atoms with E-state index in [1.807, 2.05) is 0 Å². The molecule has 0 amide bonds. The maximum atomic E-state index is 4.59. The molecule has 0 spiro atoms. The van der Waals surface area contributed by atoms with Crippen LogP contribution in [0.25, 0.3) is 0 Å². The van der Waals surface area contributed by atoms with Gasteiger partial charge in [-0.05, 0) is 34.1 Å². The highest BCUT2D eigenvalue weighted by Gasteiger charge is 2.33. The Balaban J connectivity index is 2.22. The number of nitrogens with zero attached hydrogens (tertiary/aromatic N) is 2. The van der Waals surface area contributed by atoms with E-state index in [-0.39, 0.29) is 11.1 Å². The summed E-state index contributed by atoms with van der Waals surface area (Å²) in [4.78, 5) is 7.02. The van der Waals surface area contributed by atoms with Gasteiger partial charge in [0.2, 0.25) is 0 Å². The Hall–Kier alpha value is -0.530. The maximum absolute atomic E-state index is 4.59. The van der Waals surface area contributed by atoms with Crippen LogP contribution in [0.15, 0.2) is 4.99 Å². The molecule has 0 N–H and O–H groups in total. The molecule has 0 aromatic heterocycles. The summed E-state index contributed by atoms with van der Waals surface area (Å²) in [5.74, 6) is 0. The van der Waals surface area contributed by atoms with Crippen LogP contribution in [-0.2, 0) is 0 Å². The molecular weight excluding hydrogens is 220 g/mol. The summed E-state index contributed by atoms with van der Waals surface area (Å²) in [6.07, 6.45) is 11.6. The van der Waals surface area contributed by atoms with Crippen molar-refractivity contribution < 1.29 is 0 Å². The van der Waals surface area contributed by atoms with E-state index in [2.05, 4.69) is 50.8 Å². The molecule has 0 unspecified atom stereocenters. The van der Waals surface area contributed by atoms with Crippen LogP contribution in [-0.4, -0.2) is 28.9 Å². The number of rotatable bonds is 8. The quantitative estimate of drug-likeness (QED) is 0.575. The zero-order valence-electron chi connectivity index (χ0n) is 13.1. The molecule has 1 aliphatic rings. The predicted octanol–water partition coefficient (Wildman–Crippen LogP) is 4.64. The molecule has 1 aliphatic heterocycles. The summed E-state index contributed by atoms with van der Waals surface area (Å²) in [5.41, 5.74) is 0.375. The summed E-state index contributed by atoms with van der Waals surface area (Å²) in [7, 11) is 0. The summed E-state index contributed by atoms with van der Waals surface area (Å²) in [6.45, 7) is 12.5. The van der Waals surface area contributed by atoms with Crippen LogP contribution in [0.1, 0.15) is 79.6 Å². The van der Waals surface area contributed by atoms with Gasteiger partial charge in [0.1, 0.15) is 0 Å². The first-order valence-electron chi connectivity index (χ1n) is 7.69. The predicted molar refractivity (Wildman–Crippen MR) is 81.3 cm³/mol.